The van der Waals surface area contributed by atoms with E-state index in [1.165, 1.54) is 11.3 Å². The second-order valence-electron chi connectivity index (χ2n) is 6.42. The van der Waals surface area contributed by atoms with Crippen LogP contribution in [0.1, 0.15) is 26.6 Å². The van der Waals surface area contributed by atoms with Crippen LogP contribution in [0, 0.1) is 0 Å². The Morgan fingerprint density at radius 1 is 1.14 bits per heavy atom. The van der Waals surface area contributed by atoms with Crippen molar-refractivity contribution in [1.29, 1.82) is 0 Å². The maximum atomic E-state index is 13.0. The van der Waals surface area contributed by atoms with E-state index in [4.69, 9.17) is 9.47 Å². The Kier molecular flexibility index (Phi) is 7.21. The summed E-state index contributed by atoms with van der Waals surface area (Å²) >= 11 is 1.46. The third-order valence-corrected chi connectivity index (χ3v) is 5.32. The van der Waals surface area contributed by atoms with Crippen LogP contribution in [-0.4, -0.2) is 48.3 Å². The molecular weight excluding hydrogens is 388 g/mol. The van der Waals surface area contributed by atoms with E-state index in [0.717, 1.165) is 16.1 Å². The zero-order valence-electron chi connectivity index (χ0n) is 16.5. The number of benzene rings is 2. The Labute approximate surface area is 174 Å². The lowest BCUT2D eigenvalue weighted by Gasteiger charge is -2.22. The predicted molar refractivity (Wildman–Crippen MR) is 113 cm³/mol. The molecule has 6 nitrogen and oxygen atoms in total. The van der Waals surface area contributed by atoms with Crippen molar-refractivity contribution < 1.29 is 19.4 Å². The van der Waals surface area contributed by atoms with Crippen LogP contribution < -0.4 is 9.47 Å². The molecule has 1 N–H and O–H groups in total. The smallest absolute Gasteiger partial charge is 0.273 e. The number of methoxy groups -OCH3 is 2. The summed E-state index contributed by atoms with van der Waals surface area (Å²) in [7, 11) is 3.17. The number of aromatic nitrogens is 1. The fourth-order valence-corrected chi connectivity index (χ4v) is 3.81. The van der Waals surface area contributed by atoms with Crippen molar-refractivity contribution in [2.75, 3.05) is 27.4 Å². The van der Waals surface area contributed by atoms with E-state index in [2.05, 4.69) is 4.98 Å². The van der Waals surface area contributed by atoms with Crippen LogP contribution >= 0.6 is 11.3 Å². The van der Waals surface area contributed by atoms with Crippen LogP contribution in [-0.2, 0) is 13.0 Å². The van der Waals surface area contributed by atoms with Gasteiger partial charge in [0.25, 0.3) is 5.91 Å². The van der Waals surface area contributed by atoms with E-state index in [1.54, 1.807) is 36.6 Å². The minimum Gasteiger partial charge on any atom is -0.497 e. The van der Waals surface area contributed by atoms with Gasteiger partial charge in [0.15, 0.2) is 0 Å². The molecule has 29 heavy (non-hydrogen) atoms. The monoisotopic (exact) mass is 412 g/mol. The largest absolute Gasteiger partial charge is 0.497 e. The quantitative estimate of drug-likeness (QED) is 0.583. The van der Waals surface area contributed by atoms with Gasteiger partial charge in [0.05, 0.1) is 25.8 Å². The SMILES string of the molecule is COc1ccc(OC)c(CN(CCO)C(=O)c2csc(Cc3ccccc3)n2)c1. The molecule has 0 radical (unpaired) electrons. The minimum atomic E-state index is -0.223. The Morgan fingerprint density at radius 3 is 2.62 bits per heavy atom. The molecule has 0 atom stereocenters. The van der Waals surface area contributed by atoms with Crippen molar-refractivity contribution in [2.24, 2.45) is 0 Å². The molecular formula is C22H24N2O4S. The standard InChI is InChI=1S/C22H24N2O4S/c1-27-18-8-9-20(28-2)17(13-18)14-24(10-11-25)22(26)19-15-29-21(23-19)12-16-6-4-3-5-7-16/h3-9,13,15,25H,10-12,14H2,1-2H3. The highest BCUT2D eigenvalue weighted by Gasteiger charge is 2.20. The highest BCUT2D eigenvalue weighted by molar-refractivity contribution is 7.09. The maximum Gasteiger partial charge on any atom is 0.273 e. The second-order valence-corrected chi connectivity index (χ2v) is 7.36. The van der Waals surface area contributed by atoms with Crippen LogP contribution in [0.15, 0.2) is 53.9 Å². The van der Waals surface area contributed by atoms with Gasteiger partial charge < -0.3 is 19.5 Å². The summed E-state index contributed by atoms with van der Waals surface area (Å²) < 4.78 is 10.7. The first-order valence-corrected chi connectivity index (χ1v) is 10.1. The summed E-state index contributed by atoms with van der Waals surface area (Å²) in [5.74, 6) is 1.11. The zero-order chi connectivity index (χ0) is 20.6. The molecule has 2 aromatic carbocycles. The van der Waals surface area contributed by atoms with Gasteiger partial charge in [-0.3, -0.25) is 4.79 Å². The van der Waals surface area contributed by atoms with Crippen molar-refractivity contribution in [1.82, 2.24) is 9.88 Å². The van der Waals surface area contributed by atoms with Crippen LogP contribution in [0.4, 0.5) is 0 Å². The average molecular weight is 413 g/mol. The van der Waals surface area contributed by atoms with Gasteiger partial charge in [-0.15, -0.1) is 11.3 Å². The molecule has 0 fully saturated rings. The molecule has 0 aliphatic carbocycles. The average Bonchev–Trinajstić information content (AvgIpc) is 3.22. The van der Waals surface area contributed by atoms with Gasteiger partial charge >= 0.3 is 0 Å². The Balaban J connectivity index is 1.78. The van der Waals surface area contributed by atoms with Crippen LogP contribution in [0.3, 0.4) is 0 Å². The molecule has 0 aliphatic heterocycles. The van der Waals surface area contributed by atoms with E-state index >= 15 is 0 Å². The number of carbonyl (C=O) groups is 1. The summed E-state index contributed by atoms with van der Waals surface area (Å²) in [5, 5.41) is 12.1. The molecule has 152 valence electrons. The summed E-state index contributed by atoms with van der Waals surface area (Å²) in [6, 6.07) is 15.5. The molecule has 7 heteroatoms. The van der Waals surface area contributed by atoms with Gasteiger partial charge in [-0.1, -0.05) is 30.3 Å². The van der Waals surface area contributed by atoms with E-state index < -0.39 is 0 Å². The van der Waals surface area contributed by atoms with E-state index in [9.17, 15) is 9.90 Å². The van der Waals surface area contributed by atoms with E-state index in [-0.39, 0.29) is 25.6 Å². The minimum absolute atomic E-state index is 0.140. The van der Waals surface area contributed by atoms with Crippen LogP contribution in [0.5, 0.6) is 11.5 Å². The lowest BCUT2D eigenvalue weighted by atomic mass is 10.1. The second kappa shape index (κ2) is 10.0. The van der Waals surface area contributed by atoms with E-state index in [1.807, 2.05) is 36.4 Å². The van der Waals surface area contributed by atoms with Crippen molar-refractivity contribution in [3.05, 3.63) is 75.7 Å². The van der Waals surface area contributed by atoms with Crippen molar-refractivity contribution in [2.45, 2.75) is 13.0 Å². The molecule has 0 spiro atoms. The Bertz CT molecular complexity index is 943. The number of nitrogens with zero attached hydrogens (tertiary/aromatic N) is 2. The number of hydrogen-bond acceptors (Lipinski definition) is 6. The number of ether oxygens (including phenoxy) is 2. The zero-order valence-corrected chi connectivity index (χ0v) is 17.3. The molecule has 3 aromatic rings. The van der Waals surface area contributed by atoms with Gasteiger partial charge in [0.2, 0.25) is 0 Å². The number of hydrogen-bond donors (Lipinski definition) is 1. The van der Waals surface area contributed by atoms with Crippen LogP contribution in [0.25, 0.3) is 0 Å². The van der Waals surface area contributed by atoms with Crippen molar-refractivity contribution in [3.8, 4) is 11.5 Å². The molecule has 1 aromatic heterocycles. The molecule has 0 bridgehead atoms. The number of carbonyl (C=O) groups excluding carboxylic acids is 1. The summed E-state index contributed by atoms with van der Waals surface area (Å²) in [5.41, 5.74) is 2.33. The Hall–Kier alpha value is -2.90. The lowest BCUT2D eigenvalue weighted by molar-refractivity contribution is 0.0701. The number of amides is 1. The van der Waals surface area contributed by atoms with Crippen molar-refractivity contribution in [3.63, 3.8) is 0 Å². The number of aliphatic hydroxyl groups excluding tert-OH is 1. The molecule has 0 unspecified atom stereocenters. The van der Waals surface area contributed by atoms with Gasteiger partial charge in [0, 0.05) is 30.5 Å². The van der Waals surface area contributed by atoms with E-state index in [0.29, 0.717) is 23.6 Å². The Morgan fingerprint density at radius 2 is 1.93 bits per heavy atom. The van der Waals surface area contributed by atoms with Crippen LogP contribution in [0.2, 0.25) is 0 Å². The first kappa shape index (κ1) is 20.8. The maximum absolute atomic E-state index is 13.0. The molecule has 0 saturated heterocycles. The topological polar surface area (TPSA) is 71.9 Å². The summed E-state index contributed by atoms with van der Waals surface area (Å²) in [4.78, 5) is 19.1. The molecule has 3 rings (SSSR count). The van der Waals surface area contributed by atoms with Crippen molar-refractivity contribution >= 4 is 17.2 Å². The normalized spacial score (nSPS) is 10.6. The number of rotatable bonds is 9. The highest BCUT2D eigenvalue weighted by atomic mass is 32.1. The van der Waals surface area contributed by atoms with Gasteiger partial charge in [0.1, 0.15) is 17.2 Å². The third kappa shape index (κ3) is 5.34. The molecule has 0 saturated carbocycles. The fourth-order valence-electron chi connectivity index (χ4n) is 3.01. The van der Waals surface area contributed by atoms with Gasteiger partial charge in [-0.2, -0.15) is 0 Å². The predicted octanol–water partition coefficient (Wildman–Crippen LogP) is 3.39. The summed E-state index contributed by atoms with van der Waals surface area (Å²) in [6.45, 7) is 0.342. The first-order valence-electron chi connectivity index (χ1n) is 9.24. The van der Waals surface area contributed by atoms with Gasteiger partial charge in [-0.25, -0.2) is 4.98 Å². The number of aliphatic hydroxyl groups is 1. The highest BCUT2D eigenvalue weighted by Crippen LogP contribution is 2.26. The third-order valence-electron chi connectivity index (χ3n) is 4.47. The first-order chi connectivity index (χ1) is 14.1. The molecule has 0 aliphatic rings. The molecule has 1 heterocycles. The number of thiazole rings is 1. The summed E-state index contributed by atoms with van der Waals surface area (Å²) in [6.07, 6.45) is 0.683. The molecule has 1 amide bonds. The fraction of sp³-hybridized carbons (Fsp3) is 0.273. The van der Waals surface area contributed by atoms with Gasteiger partial charge in [-0.05, 0) is 23.8 Å². The lowest BCUT2D eigenvalue weighted by Crippen LogP contribution is -2.33.